The van der Waals surface area contributed by atoms with Crippen LogP contribution in [0.1, 0.15) is 24.5 Å². The van der Waals surface area contributed by atoms with E-state index in [0.29, 0.717) is 6.54 Å². The zero-order chi connectivity index (χ0) is 15.8. The summed E-state index contributed by atoms with van der Waals surface area (Å²) in [5, 5.41) is 13.0. The number of thioether (sulfide) groups is 1. The average Bonchev–Trinajstić information content (AvgIpc) is 2.94. The summed E-state index contributed by atoms with van der Waals surface area (Å²) in [5.41, 5.74) is 2.68. The van der Waals surface area contributed by atoms with E-state index in [1.54, 1.807) is 0 Å². The Morgan fingerprint density at radius 1 is 1.39 bits per heavy atom. The number of hydrogen-bond donors (Lipinski definition) is 2. The quantitative estimate of drug-likeness (QED) is 0.304. The van der Waals surface area contributed by atoms with Gasteiger partial charge in [-0.25, -0.2) is 0 Å². The molecule has 23 heavy (non-hydrogen) atoms. The topological polar surface area (TPSA) is 47.9 Å². The molecule has 1 fully saturated rings. The van der Waals surface area contributed by atoms with Gasteiger partial charge in [0.2, 0.25) is 0 Å². The summed E-state index contributed by atoms with van der Waals surface area (Å²) in [4.78, 5) is 6.83. The SMILES string of the molecule is CCNC(=NCCSCc1ccc(C)cc1)N1CC[C@@H](O)C1.I. The van der Waals surface area contributed by atoms with E-state index in [2.05, 4.69) is 53.3 Å². The van der Waals surface area contributed by atoms with E-state index in [1.165, 1.54) is 11.1 Å². The van der Waals surface area contributed by atoms with E-state index in [1.807, 2.05) is 11.8 Å². The van der Waals surface area contributed by atoms with Crippen molar-refractivity contribution in [1.29, 1.82) is 0 Å². The number of nitrogens with one attached hydrogen (secondary N) is 1. The monoisotopic (exact) mass is 449 g/mol. The Morgan fingerprint density at radius 3 is 2.74 bits per heavy atom. The number of hydrogen-bond acceptors (Lipinski definition) is 3. The lowest BCUT2D eigenvalue weighted by Crippen LogP contribution is -2.40. The van der Waals surface area contributed by atoms with Crippen LogP contribution in [0.3, 0.4) is 0 Å². The van der Waals surface area contributed by atoms with E-state index >= 15 is 0 Å². The maximum Gasteiger partial charge on any atom is 0.194 e. The molecule has 2 N–H and O–H groups in total. The van der Waals surface area contributed by atoms with Crippen LogP contribution in [0.5, 0.6) is 0 Å². The highest BCUT2D eigenvalue weighted by atomic mass is 127. The lowest BCUT2D eigenvalue weighted by molar-refractivity contribution is 0.188. The molecule has 1 aliphatic heterocycles. The molecule has 0 aromatic heterocycles. The van der Waals surface area contributed by atoms with Gasteiger partial charge in [-0.3, -0.25) is 4.99 Å². The third kappa shape index (κ3) is 7.30. The molecule has 1 heterocycles. The van der Waals surface area contributed by atoms with Crippen LogP contribution in [0.25, 0.3) is 0 Å². The molecule has 6 heteroatoms. The van der Waals surface area contributed by atoms with Crippen LogP contribution in [0.2, 0.25) is 0 Å². The van der Waals surface area contributed by atoms with Gasteiger partial charge in [0, 0.05) is 31.1 Å². The molecule has 1 saturated heterocycles. The summed E-state index contributed by atoms with van der Waals surface area (Å²) in [7, 11) is 0. The molecular weight excluding hydrogens is 421 g/mol. The number of likely N-dealkylation sites (tertiary alicyclic amines) is 1. The zero-order valence-electron chi connectivity index (χ0n) is 14.0. The smallest absolute Gasteiger partial charge is 0.194 e. The first-order chi connectivity index (χ1) is 10.7. The van der Waals surface area contributed by atoms with Gasteiger partial charge in [0.25, 0.3) is 0 Å². The second-order valence-corrected chi connectivity index (χ2v) is 6.77. The molecular formula is C17H28IN3OS. The van der Waals surface area contributed by atoms with Gasteiger partial charge in [0.15, 0.2) is 5.96 Å². The van der Waals surface area contributed by atoms with Gasteiger partial charge < -0.3 is 15.3 Å². The molecule has 2 rings (SSSR count). The average molecular weight is 449 g/mol. The van der Waals surface area contributed by atoms with E-state index in [-0.39, 0.29) is 30.1 Å². The number of halogens is 1. The van der Waals surface area contributed by atoms with Crippen molar-refractivity contribution in [1.82, 2.24) is 10.2 Å². The second kappa shape index (κ2) is 11.1. The molecule has 1 aromatic carbocycles. The van der Waals surface area contributed by atoms with Crippen LogP contribution in [-0.2, 0) is 5.75 Å². The fourth-order valence-electron chi connectivity index (χ4n) is 2.45. The predicted molar refractivity (Wildman–Crippen MR) is 111 cm³/mol. The minimum absolute atomic E-state index is 0. The number of aryl methyl sites for hydroxylation is 1. The van der Waals surface area contributed by atoms with Gasteiger partial charge in [-0.1, -0.05) is 29.8 Å². The Labute approximate surface area is 161 Å². The van der Waals surface area contributed by atoms with Gasteiger partial charge >= 0.3 is 0 Å². The number of aliphatic hydroxyl groups excluding tert-OH is 1. The van der Waals surface area contributed by atoms with Crippen molar-refractivity contribution in [3.63, 3.8) is 0 Å². The Morgan fingerprint density at radius 2 is 2.13 bits per heavy atom. The molecule has 0 radical (unpaired) electrons. The van der Waals surface area contributed by atoms with Crippen LogP contribution in [-0.4, -0.2) is 54.0 Å². The fraction of sp³-hybridized carbons (Fsp3) is 0.588. The first-order valence-corrected chi connectivity index (χ1v) is 9.19. The fourth-order valence-corrected chi connectivity index (χ4v) is 3.24. The molecule has 1 atom stereocenters. The Balaban J connectivity index is 0.00000264. The molecule has 1 aromatic rings. The van der Waals surface area contributed by atoms with Crippen LogP contribution < -0.4 is 5.32 Å². The highest BCUT2D eigenvalue weighted by molar-refractivity contribution is 14.0. The van der Waals surface area contributed by atoms with Crippen molar-refractivity contribution in [3.8, 4) is 0 Å². The lowest BCUT2D eigenvalue weighted by Gasteiger charge is -2.20. The molecule has 0 aliphatic carbocycles. The van der Waals surface area contributed by atoms with Gasteiger partial charge in [-0.2, -0.15) is 11.8 Å². The minimum Gasteiger partial charge on any atom is -0.391 e. The lowest BCUT2D eigenvalue weighted by atomic mass is 10.2. The molecule has 0 bridgehead atoms. The van der Waals surface area contributed by atoms with Gasteiger partial charge in [0.1, 0.15) is 0 Å². The van der Waals surface area contributed by atoms with Crippen molar-refractivity contribution in [3.05, 3.63) is 35.4 Å². The minimum atomic E-state index is -0.209. The van der Waals surface area contributed by atoms with Gasteiger partial charge in [0.05, 0.1) is 12.6 Å². The standard InChI is InChI=1S/C17H27N3OS.HI/c1-3-18-17(20-10-8-16(21)12-20)19-9-11-22-13-15-6-4-14(2)5-7-15;/h4-7,16,21H,3,8-13H2,1-2H3,(H,18,19);1H/t16-;/m1./s1. The highest BCUT2D eigenvalue weighted by Crippen LogP contribution is 2.13. The molecule has 0 unspecified atom stereocenters. The Kier molecular flexibility index (Phi) is 9.97. The second-order valence-electron chi connectivity index (χ2n) is 5.66. The Hall–Kier alpha value is -0.470. The van der Waals surface area contributed by atoms with Crippen molar-refractivity contribution in [2.75, 3.05) is 31.9 Å². The van der Waals surface area contributed by atoms with E-state index < -0.39 is 0 Å². The highest BCUT2D eigenvalue weighted by Gasteiger charge is 2.22. The number of rotatable bonds is 6. The van der Waals surface area contributed by atoms with Crippen molar-refractivity contribution in [2.24, 2.45) is 4.99 Å². The van der Waals surface area contributed by atoms with Crippen molar-refractivity contribution in [2.45, 2.75) is 32.1 Å². The summed E-state index contributed by atoms with van der Waals surface area (Å²) >= 11 is 1.91. The third-order valence-electron chi connectivity index (χ3n) is 3.68. The first-order valence-electron chi connectivity index (χ1n) is 8.03. The molecule has 0 amide bonds. The largest absolute Gasteiger partial charge is 0.391 e. The van der Waals surface area contributed by atoms with Crippen molar-refractivity contribution < 1.29 is 5.11 Å². The zero-order valence-corrected chi connectivity index (χ0v) is 17.1. The number of guanidine groups is 1. The van der Waals surface area contributed by atoms with Crippen LogP contribution in [0.4, 0.5) is 0 Å². The summed E-state index contributed by atoms with van der Waals surface area (Å²) in [6, 6.07) is 8.72. The van der Waals surface area contributed by atoms with Crippen LogP contribution in [0.15, 0.2) is 29.3 Å². The van der Waals surface area contributed by atoms with Crippen molar-refractivity contribution >= 4 is 41.7 Å². The first kappa shape index (κ1) is 20.6. The maximum absolute atomic E-state index is 9.64. The van der Waals surface area contributed by atoms with E-state index in [4.69, 9.17) is 0 Å². The number of benzene rings is 1. The normalized spacial score (nSPS) is 18.0. The summed E-state index contributed by atoms with van der Waals surface area (Å²) in [6.07, 6.45) is 0.631. The Bertz CT molecular complexity index is 481. The molecule has 0 spiro atoms. The summed E-state index contributed by atoms with van der Waals surface area (Å²) in [5.74, 6) is 2.99. The van der Waals surface area contributed by atoms with E-state index in [9.17, 15) is 5.11 Å². The predicted octanol–water partition coefficient (Wildman–Crippen LogP) is 2.88. The summed E-state index contributed by atoms with van der Waals surface area (Å²) in [6.45, 7) is 7.45. The van der Waals surface area contributed by atoms with Crippen LogP contribution >= 0.6 is 35.7 Å². The summed E-state index contributed by atoms with van der Waals surface area (Å²) < 4.78 is 0. The molecule has 0 saturated carbocycles. The number of nitrogens with zero attached hydrogens (tertiary/aromatic N) is 2. The molecule has 1 aliphatic rings. The number of aliphatic imine (C=N–C) groups is 1. The molecule has 4 nitrogen and oxygen atoms in total. The van der Waals surface area contributed by atoms with Gasteiger partial charge in [-0.15, -0.1) is 24.0 Å². The van der Waals surface area contributed by atoms with E-state index in [0.717, 1.165) is 43.5 Å². The number of aliphatic hydroxyl groups is 1. The third-order valence-corrected chi connectivity index (χ3v) is 4.69. The van der Waals surface area contributed by atoms with Crippen LogP contribution in [0, 0.1) is 6.92 Å². The number of β-amino-alcohol motifs (C(OH)–C–C–N with tert-alkyl or cyclic N) is 1. The van der Waals surface area contributed by atoms with Gasteiger partial charge in [-0.05, 0) is 25.8 Å². The maximum atomic E-state index is 9.64. The molecule has 130 valence electrons.